The molecule has 2 rings (SSSR count). The Hall–Kier alpha value is -3.17. The number of aryl methyl sites for hydroxylation is 1. The predicted molar refractivity (Wildman–Crippen MR) is 73.2 cm³/mol. The number of carbonyl (C=O) groups is 1. The smallest absolute Gasteiger partial charge is 0.302 e. The Kier molecular flexibility index (Phi) is 3.21. The van der Waals surface area contributed by atoms with Crippen molar-refractivity contribution in [1.82, 2.24) is 19.7 Å². The van der Waals surface area contributed by atoms with Gasteiger partial charge in [0.25, 0.3) is 0 Å². The van der Waals surface area contributed by atoms with Crippen molar-refractivity contribution in [3.05, 3.63) is 18.1 Å². The van der Waals surface area contributed by atoms with Crippen molar-refractivity contribution in [1.29, 1.82) is 0 Å². The lowest BCUT2D eigenvalue weighted by molar-refractivity contribution is 0.0999. The van der Waals surface area contributed by atoms with Gasteiger partial charge in [-0.1, -0.05) is 0 Å². The van der Waals surface area contributed by atoms with E-state index in [-0.39, 0.29) is 23.0 Å². The number of hydrogen-bond donors (Lipinski definition) is 4. The fourth-order valence-electron chi connectivity index (χ4n) is 1.55. The summed E-state index contributed by atoms with van der Waals surface area (Å²) in [7, 11) is 1.73. The molecular formula is C10H13N9O. The zero-order valence-corrected chi connectivity index (χ0v) is 10.6. The van der Waals surface area contributed by atoms with Gasteiger partial charge in [-0.05, 0) is 0 Å². The second kappa shape index (κ2) is 4.84. The molecule has 0 atom stereocenters. The van der Waals surface area contributed by atoms with Crippen LogP contribution < -0.4 is 22.9 Å². The molecule has 0 saturated carbocycles. The predicted octanol–water partition coefficient (Wildman–Crippen LogP) is -1.54. The van der Waals surface area contributed by atoms with Gasteiger partial charge in [-0.2, -0.15) is 10.1 Å². The molecule has 0 saturated heterocycles. The highest BCUT2D eigenvalue weighted by Gasteiger charge is 2.18. The van der Waals surface area contributed by atoms with Gasteiger partial charge in [0, 0.05) is 18.8 Å². The van der Waals surface area contributed by atoms with Crippen LogP contribution in [0.15, 0.2) is 17.4 Å². The van der Waals surface area contributed by atoms with E-state index in [2.05, 4.69) is 20.1 Å². The van der Waals surface area contributed by atoms with Gasteiger partial charge in [-0.15, -0.1) is 0 Å². The van der Waals surface area contributed by atoms with Gasteiger partial charge in [0.05, 0.1) is 6.20 Å². The third kappa shape index (κ3) is 2.48. The number of nitrogens with two attached hydrogens (primary N) is 4. The van der Waals surface area contributed by atoms with Gasteiger partial charge in [-0.3, -0.25) is 9.48 Å². The van der Waals surface area contributed by atoms with Crippen LogP contribution in [0.5, 0.6) is 0 Å². The molecule has 104 valence electrons. The minimum atomic E-state index is -0.792. The van der Waals surface area contributed by atoms with E-state index in [1.807, 2.05) is 0 Å². The highest BCUT2D eigenvalue weighted by Crippen LogP contribution is 2.24. The summed E-state index contributed by atoms with van der Waals surface area (Å²) in [6.45, 7) is 0. The molecule has 10 heteroatoms. The van der Waals surface area contributed by atoms with Crippen molar-refractivity contribution in [2.75, 3.05) is 11.5 Å². The number of anilines is 2. The second-order valence-corrected chi connectivity index (χ2v) is 3.94. The van der Waals surface area contributed by atoms with E-state index in [4.69, 9.17) is 22.9 Å². The Morgan fingerprint density at radius 2 is 1.95 bits per heavy atom. The van der Waals surface area contributed by atoms with Gasteiger partial charge >= 0.3 is 5.91 Å². The van der Waals surface area contributed by atoms with E-state index in [0.717, 1.165) is 0 Å². The Labute approximate surface area is 113 Å². The summed E-state index contributed by atoms with van der Waals surface area (Å²) in [6, 6.07) is 0. The monoisotopic (exact) mass is 275 g/mol. The number of amides is 1. The van der Waals surface area contributed by atoms with Gasteiger partial charge in [0.1, 0.15) is 5.69 Å². The van der Waals surface area contributed by atoms with Crippen molar-refractivity contribution < 1.29 is 4.79 Å². The molecule has 0 fully saturated rings. The maximum atomic E-state index is 11.8. The van der Waals surface area contributed by atoms with E-state index < -0.39 is 11.9 Å². The fourth-order valence-corrected chi connectivity index (χ4v) is 1.55. The topological polar surface area (TPSA) is 177 Å². The number of aromatic nitrogens is 4. The first-order valence-corrected chi connectivity index (χ1v) is 5.44. The average Bonchev–Trinajstić information content (AvgIpc) is 2.74. The van der Waals surface area contributed by atoms with E-state index in [1.165, 1.54) is 6.20 Å². The number of hydrogen-bond acceptors (Lipinski definition) is 6. The number of nitrogens with zero attached hydrogens (tertiary/aromatic N) is 5. The lowest BCUT2D eigenvalue weighted by Gasteiger charge is -2.06. The third-order valence-electron chi connectivity index (χ3n) is 2.36. The van der Waals surface area contributed by atoms with Crippen LogP contribution in [-0.4, -0.2) is 31.6 Å². The van der Waals surface area contributed by atoms with Crippen LogP contribution in [-0.2, 0) is 7.05 Å². The Balaban J connectivity index is 2.55. The summed E-state index contributed by atoms with van der Waals surface area (Å²) in [5, 5.41) is 3.99. The summed E-state index contributed by atoms with van der Waals surface area (Å²) in [5.74, 6) is -1.25. The quantitative estimate of drug-likeness (QED) is 0.376. The zero-order chi connectivity index (χ0) is 14.9. The minimum Gasteiger partial charge on any atom is -0.382 e. The molecule has 0 aliphatic heterocycles. The standard InChI is InChI=1S/C10H13N9O/c1-19-3-4(2-15-19)5-7(11)17-8(12)6(16-5)9(20)18-10(13)14/h2-3H,1H3,(H4,11,12,17)(H4,13,14,18,20). The molecule has 2 aromatic heterocycles. The molecule has 0 bridgehead atoms. The fraction of sp³-hybridized carbons (Fsp3) is 0.100. The van der Waals surface area contributed by atoms with Crippen molar-refractivity contribution in [3.8, 4) is 11.3 Å². The molecule has 2 aromatic rings. The van der Waals surface area contributed by atoms with Gasteiger partial charge in [-0.25, -0.2) is 9.97 Å². The van der Waals surface area contributed by atoms with E-state index in [1.54, 1.807) is 17.9 Å². The van der Waals surface area contributed by atoms with Gasteiger partial charge < -0.3 is 22.9 Å². The lowest BCUT2D eigenvalue weighted by Crippen LogP contribution is -2.25. The molecule has 0 aliphatic rings. The maximum Gasteiger partial charge on any atom is 0.302 e. The first kappa shape index (κ1) is 13.3. The molecule has 0 aromatic carbocycles. The molecule has 10 nitrogen and oxygen atoms in total. The van der Waals surface area contributed by atoms with Crippen molar-refractivity contribution in [3.63, 3.8) is 0 Å². The largest absolute Gasteiger partial charge is 0.382 e. The van der Waals surface area contributed by atoms with Gasteiger partial charge in [0.2, 0.25) is 0 Å². The Bertz CT molecular complexity index is 699. The number of carbonyl (C=O) groups excluding carboxylic acids is 1. The van der Waals surface area contributed by atoms with Crippen LogP contribution in [0.25, 0.3) is 11.3 Å². The molecule has 0 aliphatic carbocycles. The SMILES string of the molecule is Cn1cc(-c2nc(C(=O)N=C(N)N)c(N)nc2N)cn1. The number of guanidine groups is 1. The lowest BCUT2D eigenvalue weighted by atomic mass is 10.2. The van der Waals surface area contributed by atoms with Crippen LogP contribution in [0.4, 0.5) is 11.6 Å². The summed E-state index contributed by atoms with van der Waals surface area (Å²) < 4.78 is 1.56. The summed E-state index contributed by atoms with van der Waals surface area (Å²) >= 11 is 0. The van der Waals surface area contributed by atoms with E-state index in [9.17, 15) is 4.79 Å². The summed E-state index contributed by atoms with van der Waals surface area (Å²) in [4.78, 5) is 23.1. The van der Waals surface area contributed by atoms with Crippen LogP contribution in [0.3, 0.4) is 0 Å². The molecule has 1 amide bonds. The second-order valence-electron chi connectivity index (χ2n) is 3.94. The van der Waals surface area contributed by atoms with Crippen LogP contribution in [0.2, 0.25) is 0 Å². The molecule has 0 unspecified atom stereocenters. The van der Waals surface area contributed by atoms with E-state index >= 15 is 0 Å². The third-order valence-corrected chi connectivity index (χ3v) is 2.36. The van der Waals surface area contributed by atoms with Gasteiger partial charge in [0.15, 0.2) is 23.3 Å². The maximum absolute atomic E-state index is 11.8. The Morgan fingerprint density at radius 1 is 1.25 bits per heavy atom. The van der Waals surface area contributed by atoms with Crippen LogP contribution >= 0.6 is 0 Å². The highest BCUT2D eigenvalue weighted by molar-refractivity contribution is 6.03. The van der Waals surface area contributed by atoms with Crippen molar-refractivity contribution in [2.45, 2.75) is 0 Å². The Morgan fingerprint density at radius 3 is 2.50 bits per heavy atom. The first-order chi connectivity index (χ1) is 9.38. The summed E-state index contributed by atoms with van der Waals surface area (Å²) in [6.07, 6.45) is 3.21. The average molecular weight is 275 g/mol. The number of rotatable bonds is 2. The first-order valence-electron chi connectivity index (χ1n) is 5.44. The molecule has 0 radical (unpaired) electrons. The molecule has 20 heavy (non-hydrogen) atoms. The van der Waals surface area contributed by atoms with Crippen molar-refractivity contribution >= 4 is 23.5 Å². The summed E-state index contributed by atoms with van der Waals surface area (Å²) in [5.41, 5.74) is 22.3. The molecular weight excluding hydrogens is 262 g/mol. The minimum absolute atomic E-state index is 0.0803. The highest BCUT2D eigenvalue weighted by atomic mass is 16.1. The van der Waals surface area contributed by atoms with Crippen LogP contribution in [0, 0.1) is 0 Å². The number of nitrogen functional groups attached to an aromatic ring is 2. The van der Waals surface area contributed by atoms with Crippen molar-refractivity contribution in [2.24, 2.45) is 23.5 Å². The van der Waals surface area contributed by atoms with E-state index in [0.29, 0.717) is 5.56 Å². The zero-order valence-electron chi connectivity index (χ0n) is 10.6. The molecule has 8 N–H and O–H groups in total. The molecule has 0 spiro atoms. The molecule has 2 heterocycles. The van der Waals surface area contributed by atoms with Crippen LogP contribution in [0.1, 0.15) is 10.5 Å². The normalized spacial score (nSPS) is 10.2. The number of aliphatic imine (C=N–C) groups is 1.